The molecule has 1 aromatic carbocycles. The van der Waals surface area contributed by atoms with Crippen LogP contribution in [-0.4, -0.2) is 28.5 Å². The van der Waals surface area contributed by atoms with E-state index < -0.39 is 11.9 Å². The van der Waals surface area contributed by atoms with Crippen molar-refractivity contribution in [2.24, 2.45) is 5.92 Å². The van der Waals surface area contributed by atoms with Gasteiger partial charge in [0, 0.05) is 18.9 Å². The molecule has 2 aromatic rings. The highest BCUT2D eigenvalue weighted by molar-refractivity contribution is 5.95. The van der Waals surface area contributed by atoms with E-state index in [1.54, 1.807) is 12.4 Å². The van der Waals surface area contributed by atoms with Crippen LogP contribution in [0.25, 0.3) is 0 Å². The summed E-state index contributed by atoms with van der Waals surface area (Å²) in [5.41, 5.74) is 3.43. The standard InChI is InChI=1S/C17H20N2O3/c1-11-4-3-5-13(6-11)7-14(17(21)22)9-19-16(20)15-10-18-8-12(15)2/h3-6,8,10,14,18H,7,9H2,1-2H3,(H,19,20)(H,21,22). The molecular formula is C17H20N2O3. The zero-order valence-corrected chi connectivity index (χ0v) is 12.7. The van der Waals surface area contributed by atoms with Crippen LogP contribution in [-0.2, 0) is 11.2 Å². The third-order valence-corrected chi connectivity index (χ3v) is 3.62. The molecule has 1 heterocycles. The van der Waals surface area contributed by atoms with Crippen LogP contribution in [0.4, 0.5) is 0 Å². The average Bonchev–Trinajstić information content (AvgIpc) is 2.89. The van der Waals surface area contributed by atoms with E-state index in [0.29, 0.717) is 12.0 Å². The maximum absolute atomic E-state index is 12.0. The van der Waals surface area contributed by atoms with Gasteiger partial charge in [0.1, 0.15) is 0 Å². The summed E-state index contributed by atoms with van der Waals surface area (Å²) < 4.78 is 0. The molecule has 1 unspecified atom stereocenters. The summed E-state index contributed by atoms with van der Waals surface area (Å²) in [6.07, 6.45) is 3.74. The van der Waals surface area contributed by atoms with Crippen molar-refractivity contribution in [3.63, 3.8) is 0 Å². The Kier molecular flexibility index (Phi) is 4.99. The van der Waals surface area contributed by atoms with Crippen molar-refractivity contribution < 1.29 is 14.7 Å². The zero-order valence-electron chi connectivity index (χ0n) is 12.7. The first-order chi connectivity index (χ1) is 10.5. The van der Waals surface area contributed by atoms with Gasteiger partial charge < -0.3 is 15.4 Å². The third kappa shape index (κ3) is 3.97. The zero-order chi connectivity index (χ0) is 16.1. The minimum atomic E-state index is -0.910. The Morgan fingerprint density at radius 1 is 1.27 bits per heavy atom. The van der Waals surface area contributed by atoms with Gasteiger partial charge in [-0.25, -0.2) is 0 Å². The van der Waals surface area contributed by atoms with Gasteiger partial charge in [0.15, 0.2) is 0 Å². The van der Waals surface area contributed by atoms with Crippen LogP contribution in [0.1, 0.15) is 27.0 Å². The molecule has 0 radical (unpaired) electrons. The van der Waals surface area contributed by atoms with Crippen molar-refractivity contribution >= 4 is 11.9 Å². The topological polar surface area (TPSA) is 82.2 Å². The van der Waals surface area contributed by atoms with E-state index in [4.69, 9.17) is 0 Å². The van der Waals surface area contributed by atoms with Gasteiger partial charge in [-0.2, -0.15) is 0 Å². The number of carboxylic acids is 1. The minimum absolute atomic E-state index is 0.104. The minimum Gasteiger partial charge on any atom is -0.481 e. The van der Waals surface area contributed by atoms with Crippen molar-refractivity contribution in [2.75, 3.05) is 6.54 Å². The molecule has 0 spiro atoms. The number of aryl methyl sites for hydroxylation is 2. The van der Waals surface area contributed by atoms with Gasteiger partial charge in [-0.3, -0.25) is 9.59 Å². The summed E-state index contributed by atoms with van der Waals surface area (Å²) in [7, 11) is 0. The largest absolute Gasteiger partial charge is 0.481 e. The monoisotopic (exact) mass is 300 g/mol. The number of aromatic nitrogens is 1. The van der Waals surface area contributed by atoms with Gasteiger partial charge in [-0.1, -0.05) is 29.8 Å². The smallest absolute Gasteiger partial charge is 0.308 e. The van der Waals surface area contributed by atoms with Crippen LogP contribution in [0, 0.1) is 19.8 Å². The molecule has 3 N–H and O–H groups in total. The maximum atomic E-state index is 12.0. The van der Waals surface area contributed by atoms with Crippen molar-refractivity contribution in [1.29, 1.82) is 0 Å². The molecule has 0 saturated carbocycles. The Labute approximate surface area is 129 Å². The lowest BCUT2D eigenvalue weighted by atomic mass is 9.98. The fourth-order valence-corrected chi connectivity index (χ4v) is 2.37. The molecule has 116 valence electrons. The van der Waals surface area contributed by atoms with E-state index in [-0.39, 0.29) is 12.5 Å². The van der Waals surface area contributed by atoms with Crippen LogP contribution in [0.5, 0.6) is 0 Å². The highest BCUT2D eigenvalue weighted by Gasteiger charge is 2.20. The number of carboxylic acid groups (broad SMARTS) is 1. The molecule has 5 nitrogen and oxygen atoms in total. The number of carbonyl (C=O) groups excluding carboxylic acids is 1. The lowest BCUT2D eigenvalue weighted by molar-refractivity contribution is -0.141. The van der Waals surface area contributed by atoms with E-state index in [1.165, 1.54) is 0 Å². The first-order valence-corrected chi connectivity index (χ1v) is 7.17. The fraction of sp³-hybridized carbons (Fsp3) is 0.294. The Morgan fingerprint density at radius 2 is 2.05 bits per heavy atom. The van der Waals surface area contributed by atoms with Crippen LogP contribution in [0.2, 0.25) is 0 Å². The molecule has 0 aliphatic rings. The number of hydrogen-bond acceptors (Lipinski definition) is 2. The van der Waals surface area contributed by atoms with Crippen LogP contribution in [0.15, 0.2) is 36.7 Å². The van der Waals surface area contributed by atoms with Crippen molar-refractivity contribution in [3.05, 3.63) is 58.9 Å². The normalized spacial score (nSPS) is 11.9. The number of aliphatic carboxylic acids is 1. The second kappa shape index (κ2) is 6.93. The first kappa shape index (κ1) is 15.8. The average molecular weight is 300 g/mol. The van der Waals surface area contributed by atoms with E-state index in [1.807, 2.05) is 38.1 Å². The van der Waals surface area contributed by atoms with E-state index in [9.17, 15) is 14.7 Å². The lowest BCUT2D eigenvalue weighted by Gasteiger charge is -2.14. The lowest BCUT2D eigenvalue weighted by Crippen LogP contribution is -2.34. The molecule has 0 aliphatic heterocycles. The van der Waals surface area contributed by atoms with Gasteiger partial charge in [-0.15, -0.1) is 0 Å². The summed E-state index contributed by atoms with van der Waals surface area (Å²) in [5.74, 6) is -1.81. The molecule has 2 rings (SSSR count). The van der Waals surface area contributed by atoms with E-state index >= 15 is 0 Å². The van der Waals surface area contributed by atoms with Gasteiger partial charge >= 0.3 is 5.97 Å². The van der Waals surface area contributed by atoms with E-state index in [0.717, 1.165) is 16.7 Å². The number of H-pyrrole nitrogens is 1. The number of benzene rings is 1. The fourth-order valence-electron chi connectivity index (χ4n) is 2.37. The van der Waals surface area contributed by atoms with Crippen LogP contribution < -0.4 is 5.32 Å². The molecule has 22 heavy (non-hydrogen) atoms. The molecule has 1 amide bonds. The number of aromatic amines is 1. The van der Waals surface area contributed by atoms with Gasteiger partial charge in [0.2, 0.25) is 0 Å². The molecule has 0 bridgehead atoms. The predicted octanol–water partition coefficient (Wildman–Crippen LogP) is 2.30. The van der Waals surface area contributed by atoms with Crippen molar-refractivity contribution in [3.8, 4) is 0 Å². The van der Waals surface area contributed by atoms with Crippen molar-refractivity contribution in [1.82, 2.24) is 10.3 Å². The Morgan fingerprint density at radius 3 is 2.64 bits per heavy atom. The number of amides is 1. The van der Waals surface area contributed by atoms with Gasteiger partial charge in [0.25, 0.3) is 5.91 Å². The predicted molar refractivity (Wildman–Crippen MR) is 83.9 cm³/mol. The molecule has 5 heteroatoms. The summed E-state index contributed by atoms with van der Waals surface area (Å²) in [5, 5.41) is 12.0. The molecular weight excluding hydrogens is 280 g/mol. The Hall–Kier alpha value is -2.56. The SMILES string of the molecule is Cc1cccc(CC(CNC(=O)c2c[nH]cc2C)C(=O)O)c1. The summed E-state index contributed by atoms with van der Waals surface area (Å²) in [6, 6.07) is 7.75. The number of carbonyl (C=O) groups is 2. The molecule has 0 fully saturated rings. The van der Waals surface area contributed by atoms with Gasteiger partial charge in [-0.05, 0) is 31.4 Å². The number of hydrogen-bond donors (Lipinski definition) is 3. The maximum Gasteiger partial charge on any atom is 0.308 e. The number of rotatable bonds is 6. The van der Waals surface area contributed by atoms with Crippen LogP contribution in [0.3, 0.4) is 0 Å². The molecule has 0 aliphatic carbocycles. The Balaban J connectivity index is 1.99. The van der Waals surface area contributed by atoms with Crippen molar-refractivity contribution in [2.45, 2.75) is 20.3 Å². The Bertz CT molecular complexity index is 676. The summed E-state index contributed by atoms with van der Waals surface area (Å²) in [4.78, 5) is 26.3. The summed E-state index contributed by atoms with van der Waals surface area (Å²) in [6.45, 7) is 3.90. The number of nitrogens with one attached hydrogen (secondary N) is 2. The quantitative estimate of drug-likeness (QED) is 0.765. The molecule has 0 saturated heterocycles. The molecule has 1 aromatic heterocycles. The second-order valence-electron chi connectivity index (χ2n) is 5.49. The summed E-state index contributed by atoms with van der Waals surface area (Å²) >= 11 is 0. The third-order valence-electron chi connectivity index (χ3n) is 3.62. The first-order valence-electron chi connectivity index (χ1n) is 7.17. The van der Waals surface area contributed by atoms with Crippen LogP contribution >= 0.6 is 0 Å². The highest BCUT2D eigenvalue weighted by Crippen LogP contribution is 2.12. The molecule has 1 atom stereocenters. The van der Waals surface area contributed by atoms with Gasteiger partial charge in [0.05, 0.1) is 11.5 Å². The highest BCUT2D eigenvalue weighted by atomic mass is 16.4. The van der Waals surface area contributed by atoms with E-state index in [2.05, 4.69) is 10.3 Å². The second-order valence-corrected chi connectivity index (χ2v) is 5.49.